The Hall–Kier alpha value is -2.02. The van der Waals surface area contributed by atoms with Gasteiger partial charge in [-0.05, 0) is 44.7 Å². The summed E-state index contributed by atoms with van der Waals surface area (Å²) in [6, 6.07) is 8.32. The summed E-state index contributed by atoms with van der Waals surface area (Å²) in [5.41, 5.74) is 2.26. The average Bonchev–Trinajstić information content (AvgIpc) is 3.21. The van der Waals surface area contributed by atoms with Gasteiger partial charge in [0, 0.05) is 17.6 Å². The van der Waals surface area contributed by atoms with Gasteiger partial charge in [0.25, 0.3) is 0 Å². The molecule has 2 aromatic rings. The summed E-state index contributed by atoms with van der Waals surface area (Å²) in [6.07, 6.45) is 6.88. The Morgan fingerprint density at radius 2 is 1.96 bits per heavy atom. The zero-order valence-electron chi connectivity index (χ0n) is 16.0. The molecule has 1 aromatic heterocycles. The molecular formula is C20H27N5OS. The number of carbonyl (C=O) groups excluding carboxylic acids is 1. The molecular weight excluding hydrogens is 358 g/mol. The molecule has 2 atom stereocenters. The van der Waals surface area contributed by atoms with E-state index in [2.05, 4.69) is 23.2 Å². The topological polar surface area (TPSA) is 77.0 Å². The highest BCUT2D eigenvalue weighted by atomic mass is 32.2. The van der Waals surface area contributed by atoms with Crippen molar-refractivity contribution < 1.29 is 4.79 Å². The van der Waals surface area contributed by atoms with E-state index in [0.717, 1.165) is 30.8 Å². The number of para-hydroxylation sites is 1. The lowest BCUT2D eigenvalue weighted by Gasteiger charge is -2.25. The van der Waals surface area contributed by atoms with E-state index in [1.807, 2.05) is 30.0 Å². The van der Waals surface area contributed by atoms with Crippen molar-refractivity contribution in [3.05, 3.63) is 35.7 Å². The quantitative estimate of drug-likeness (QED) is 0.644. The highest BCUT2D eigenvalue weighted by Crippen LogP contribution is 2.36. The fourth-order valence-electron chi connectivity index (χ4n) is 4.31. The first-order valence-corrected chi connectivity index (χ1v) is 10.7. The summed E-state index contributed by atoms with van der Waals surface area (Å²) >= 11 is 1.40. The molecule has 1 aliphatic carbocycles. The third kappa shape index (κ3) is 3.45. The number of aromatic nitrogens is 3. The monoisotopic (exact) mass is 385 g/mol. The Labute approximate surface area is 164 Å². The van der Waals surface area contributed by atoms with Crippen LogP contribution in [-0.4, -0.2) is 32.1 Å². The van der Waals surface area contributed by atoms with Gasteiger partial charge >= 0.3 is 0 Å². The van der Waals surface area contributed by atoms with E-state index in [0.29, 0.717) is 11.1 Å². The molecule has 1 fully saturated rings. The fourth-order valence-corrected chi connectivity index (χ4v) is 5.14. The van der Waals surface area contributed by atoms with Crippen molar-refractivity contribution in [3.63, 3.8) is 0 Å². The van der Waals surface area contributed by atoms with Crippen LogP contribution in [0.25, 0.3) is 0 Å². The van der Waals surface area contributed by atoms with Gasteiger partial charge in [-0.3, -0.25) is 4.79 Å². The molecule has 1 amide bonds. The molecule has 0 saturated heterocycles. The van der Waals surface area contributed by atoms with Gasteiger partial charge in [-0.15, -0.1) is 10.2 Å². The van der Waals surface area contributed by atoms with Crippen molar-refractivity contribution in [1.82, 2.24) is 14.9 Å². The zero-order valence-corrected chi connectivity index (χ0v) is 16.8. The van der Waals surface area contributed by atoms with Crippen LogP contribution < -0.4 is 10.7 Å². The molecule has 7 heteroatoms. The van der Waals surface area contributed by atoms with Crippen molar-refractivity contribution >= 4 is 23.4 Å². The molecule has 1 saturated carbocycles. The van der Waals surface area contributed by atoms with Crippen LogP contribution in [0.1, 0.15) is 63.3 Å². The van der Waals surface area contributed by atoms with Crippen molar-refractivity contribution in [2.75, 3.05) is 10.7 Å². The van der Waals surface area contributed by atoms with Crippen LogP contribution in [0.3, 0.4) is 0 Å². The Bertz CT molecular complexity index is 830. The van der Waals surface area contributed by atoms with Crippen LogP contribution in [-0.2, 0) is 11.2 Å². The number of benzene rings is 1. The number of carbonyl (C=O) groups is 1. The fraction of sp³-hybridized carbons (Fsp3) is 0.550. The first-order valence-electron chi connectivity index (χ1n) is 9.84. The van der Waals surface area contributed by atoms with Crippen molar-refractivity contribution in [3.8, 4) is 0 Å². The number of rotatable bonds is 4. The Morgan fingerprint density at radius 3 is 2.74 bits per heavy atom. The number of hydrogen-bond acceptors (Lipinski definition) is 5. The number of anilines is 1. The minimum atomic E-state index is -0.274. The third-order valence-corrected chi connectivity index (χ3v) is 6.78. The van der Waals surface area contributed by atoms with Gasteiger partial charge in [-0.2, -0.15) is 0 Å². The predicted molar refractivity (Wildman–Crippen MR) is 108 cm³/mol. The van der Waals surface area contributed by atoms with Crippen LogP contribution in [0.15, 0.2) is 29.4 Å². The molecule has 2 aliphatic rings. The van der Waals surface area contributed by atoms with Crippen LogP contribution in [0.5, 0.6) is 0 Å². The van der Waals surface area contributed by atoms with Crippen LogP contribution >= 0.6 is 11.8 Å². The molecule has 1 aliphatic heterocycles. The number of thioether (sulfide) groups is 1. The first kappa shape index (κ1) is 18.3. The van der Waals surface area contributed by atoms with Gasteiger partial charge in [-0.1, -0.05) is 49.2 Å². The van der Waals surface area contributed by atoms with E-state index >= 15 is 0 Å². The highest BCUT2D eigenvalue weighted by Gasteiger charge is 2.34. The second kappa shape index (κ2) is 7.54. The molecule has 4 rings (SSSR count). The van der Waals surface area contributed by atoms with Crippen LogP contribution in [0, 0.1) is 0 Å². The molecule has 0 bridgehead atoms. The summed E-state index contributed by atoms with van der Waals surface area (Å²) in [7, 11) is 0. The highest BCUT2D eigenvalue weighted by molar-refractivity contribution is 8.00. The number of amides is 1. The normalized spacial score (nSPS) is 21.3. The van der Waals surface area contributed by atoms with Crippen molar-refractivity contribution in [2.45, 2.75) is 74.7 Å². The number of hydrogen-bond donors (Lipinski definition) is 1. The molecule has 1 aromatic carbocycles. The van der Waals surface area contributed by atoms with Crippen LogP contribution in [0.4, 0.5) is 5.69 Å². The van der Waals surface area contributed by atoms with Gasteiger partial charge in [0.2, 0.25) is 11.1 Å². The average molecular weight is 386 g/mol. The van der Waals surface area contributed by atoms with E-state index in [-0.39, 0.29) is 17.2 Å². The Kier molecular flexibility index (Phi) is 5.12. The summed E-state index contributed by atoms with van der Waals surface area (Å²) < 4.78 is 1.60. The molecule has 2 N–H and O–H groups in total. The maximum atomic E-state index is 13.1. The largest absolute Gasteiger partial charge is 0.336 e. The lowest BCUT2D eigenvalue weighted by Crippen LogP contribution is -2.40. The molecule has 0 spiro atoms. The van der Waals surface area contributed by atoms with Crippen molar-refractivity contribution in [1.29, 1.82) is 0 Å². The van der Waals surface area contributed by atoms with E-state index in [1.165, 1.54) is 36.6 Å². The minimum absolute atomic E-state index is 0.0969. The molecule has 144 valence electrons. The summed E-state index contributed by atoms with van der Waals surface area (Å²) in [6.45, 7) is 4.03. The Morgan fingerprint density at radius 1 is 1.22 bits per heavy atom. The van der Waals surface area contributed by atoms with Gasteiger partial charge in [0.15, 0.2) is 5.82 Å². The lowest BCUT2D eigenvalue weighted by molar-refractivity contribution is -0.118. The van der Waals surface area contributed by atoms with E-state index in [4.69, 9.17) is 5.84 Å². The zero-order chi connectivity index (χ0) is 19.0. The van der Waals surface area contributed by atoms with Gasteiger partial charge < -0.3 is 10.7 Å². The van der Waals surface area contributed by atoms with E-state index in [9.17, 15) is 4.79 Å². The number of nitrogens with zero attached hydrogens (tertiary/aromatic N) is 4. The second-order valence-corrected chi connectivity index (χ2v) is 9.00. The maximum absolute atomic E-state index is 13.1. The van der Waals surface area contributed by atoms with Gasteiger partial charge in [0.05, 0.1) is 5.25 Å². The van der Waals surface area contributed by atoms with Gasteiger partial charge in [0.1, 0.15) is 0 Å². The first-order chi connectivity index (χ1) is 13.1. The SMILES string of the molecule is CC(Sc1nnc(C2CCCCC2)n1N)C(=O)N1c2ccccc2CC1C. The van der Waals surface area contributed by atoms with Crippen LogP contribution in [0.2, 0.25) is 0 Å². The minimum Gasteiger partial charge on any atom is -0.336 e. The molecule has 27 heavy (non-hydrogen) atoms. The van der Waals surface area contributed by atoms with Crippen molar-refractivity contribution in [2.24, 2.45) is 0 Å². The van der Waals surface area contributed by atoms with E-state index in [1.54, 1.807) is 4.68 Å². The molecule has 0 radical (unpaired) electrons. The number of fused-ring (bicyclic) bond motifs is 1. The number of nitrogen functional groups attached to an aromatic ring is 1. The second-order valence-electron chi connectivity index (χ2n) is 7.70. The third-order valence-electron chi connectivity index (χ3n) is 5.74. The number of nitrogens with two attached hydrogens (primary N) is 1. The molecule has 2 heterocycles. The lowest BCUT2D eigenvalue weighted by atomic mass is 9.89. The summed E-state index contributed by atoms with van der Waals surface area (Å²) in [5.74, 6) is 7.63. The Balaban J connectivity index is 1.49. The predicted octanol–water partition coefficient (Wildman–Crippen LogP) is 3.50. The van der Waals surface area contributed by atoms with Gasteiger partial charge in [-0.25, -0.2) is 4.68 Å². The maximum Gasteiger partial charge on any atom is 0.240 e. The van der Waals surface area contributed by atoms with E-state index < -0.39 is 0 Å². The summed E-state index contributed by atoms with van der Waals surface area (Å²) in [5, 5.41) is 8.97. The smallest absolute Gasteiger partial charge is 0.240 e. The molecule has 6 nitrogen and oxygen atoms in total. The molecule has 2 unspecified atom stereocenters. The summed E-state index contributed by atoms with van der Waals surface area (Å²) in [4.78, 5) is 15.1. The standard InChI is InChI=1S/C20H27N5OS/c1-13-12-16-10-6-7-11-17(16)24(13)19(26)14(2)27-20-23-22-18(25(20)21)15-8-4-3-5-9-15/h6-7,10-11,13-15H,3-5,8-9,12,21H2,1-2H3.